The summed E-state index contributed by atoms with van der Waals surface area (Å²) in [7, 11) is 0. The second kappa shape index (κ2) is 9.37. The molecule has 2 unspecified atom stereocenters. The van der Waals surface area contributed by atoms with E-state index in [0.717, 1.165) is 5.56 Å². The fraction of sp³-hybridized carbons (Fsp3) is 0.348. The molecule has 2 aliphatic heterocycles. The molecule has 2 fully saturated rings. The molecule has 2 aromatic rings. The molecule has 4 rings (SSSR count). The zero-order valence-corrected chi connectivity index (χ0v) is 17.7. The number of carboxylic acids is 1. The lowest BCUT2D eigenvalue weighted by Gasteiger charge is -2.39. The highest BCUT2D eigenvalue weighted by atomic mass is 16.6. The van der Waals surface area contributed by atoms with Crippen molar-refractivity contribution in [2.75, 3.05) is 37.6 Å². The fourth-order valence-corrected chi connectivity index (χ4v) is 4.22. The van der Waals surface area contributed by atoms with E-state index in [-0.39, 0.29) is 11.9 Å². The summed E-state index contributed by atoms with van der Waals surface area (Å²) in [6.07, 6.45) is -0.770. The highest BCUT2D eigenvalue weighted by Crippen LogP contribution is 2.23. The Morgan fingerprint density at radius 3 is 2.47 bits per heavy atom. The molecule has 2 aliphatic rings. The summed E-state index contributed by atoms with van der Waals surface area (Å²) in [5.74, 6) is -0.876. The molecule has 0 aliphatic carbocycles. The van der Waals surface area contributed by atoms with Crippen LogP contribution in [0.3, 0.4) is 0 Å². The maximum atomic E-state index is 12.4. The number of rotatable bonds is 7. The molecule has 0 radical (unpaired) electrons. The van der Waals surface area contributed by atoms with E-state index in [4.69, 9.17) is 15.9 Å². The summed E-state index contributed by atoms with van der Waals surface area (Å²) < 4.78 is 5.54. The highest BCUT2D eigenvalue weighted by Gasteiger charge is 2.37. The number of cyclic esters (lactones) is 1. The van der Waals surface area contributed by atoms with E-state index in [9.17, 15) is 14.7 Å². The number of carbonyl (C=O) groups is 2. The van der Waals surface area contributed by atoms with Crippen molar-refractivity contribution >= 4 is 23.6 Å². The Bertz CT molecular complexity index is 982. The first-order chi connectivity index (χ1) is 15.4. The van der Waals surface area contributed by atoms with Crippen LogP contribution in [-0.4, -0.2) is 77.7 Å². The molecule has 2 aromatic carbocycles. The fourth-order valence-electron chi connectivity index (χ4n) is 4.22. The maximum absolute atomic E-state index is 12.4. The van der Waals surface area contributed by atoms with Gasteiger partial charge in [-0.3, -0.25) is 24.9 Å². The molecular weight excluding hydrogens is 410 g/mol. The summed E-state index contributed by atoms with van der Waals surface area (Å²) in [5, 5.41) is 17.2. The van der Waals surface area contributed by atoms with Crippen molar-refractivity contribution in [1.29, 1.82) is 5.41 Å². The lowest BCUT2D eigenvalue weighted by Crippen LogP contribution is -2.57. The van der Waals surface area contributed by atoms with Gasteiger partial charge in [-0.15, -0.1) is 0 Å². The number of amidine groups is 1. The van der Waals surface area contributed by atoms with Gasteiger partial charge in [0.2, 0.25) is 0 Å². The molecule has 168 valence electrons. The number of nitrogens with zero attached hydrogens (tertiary/aromatic N) is 3. The van der Waals surface area contributed by atoms with Gasteiger partial charge in [0.05, 0.1) is 6.54 Å². The number of anilines is 1. The molecule has 9 nitrogen and oxygen atoms in total. The molecule has 32 heavy (non-hydrogen) atoms. The number of aliphatic carboxylic acids is 1. The predicted octanol–water partition coefficient (Wildman–Crippen LogP) is 1.57. The Morgan fingerprint density at radius 1 is 1.09 bits per heavy atom. The van der Waals surface area contributed by atoms with E-state index >= 15 is 0 Å². The van der Waals surface area contributed by atoms with Gasteiger partial charge in [0.1, 0.15) is 18.0 Å². The molecule has 4 N–H and O–H groups in total. The molecule has 0 spiro atoms. The molecule has 2 atom stereocenters. The van der Waals surface area contributed by atoms with Gasteiger partial charge < -0.3 is 15.6 Å². The number of hydrogen-bond acceptors (Lipinski definition) is 6. The predicted molar refractivity (Wildman–Crippen MR) is 120 cm³/mol. The number of ether oxygens (including phenoxy) is 1. The van der Waals surface area contributed by atoms with Crippen molar-refractivity contribution in [3.05, 3.63) is 65.7 Å². The van der Waals surface area contributed by atoms with Gasteiger partial charge in [-0.1, -0.05) is 30.3 Å². The number of benzene rings is 2. The Balaban J connectivity index is 1.35. The van der Waals surface area contributed by atoms with E-state index in [0.29, 0.717) is 50.5 Å². The Kier molecular flexibility index (Phi) is 6.38. The van der Waals surface area contributed by atoms with Crippen molar-refractivity contribution in [2.45, 2.75) is 18.7 Å². The maximum Gasteiger partial charge on any atom is 0.414 e. The first-order valence-electron chi connectivity index (χ1n) is 10.6. The van der Waals surface area contributed by atoms with Gasteiger partial charge in [-0.05, 0) is 29.8 Å². The highest BCUT2D eigenvalue weighted by molar-refractivity contribution is 5.96. The smallest absolute Gasteiger partial charge is 0.414 e. The number of hydrogen-bond donors (Lipinski definition) is 3. The Labute approximate surface area is 186 Å². The molecule has 0 saturated carbocycles. The SMILES string of the molecule is N=C(N)c1ccc(N2CC(CN3CCN(Cc4ccccc4)C(C(=O)O)C3)OC2=O)cc1. The second-order valence-corrected chi connectivity index (χ2v) is 8.15. The summed E-state index contributed by atoms with van der Waals surface area (Å²) in [4.78, 5) is 29.9. The van der Waals surface area contributed by atoms with E-state index in [2.05, 4.69) is 4.90 Å². The van der Waals surface area contributed by atoms with Crippen LogP contribution >= 0.6 is 0 Å². The van der Waals surface area contributed by atoms with Crippen LogP contribution < -0.4 is 10.6 Å². The van der Waals surface area contributed by atoms with E-state index in [1.165, 1.54) is 0 Å². The molecule has 0 aromatic heterocycles. The van der Waals surface area contributed by atoms with Crippen LogP contribution in [0.4, 0.5) is 10.5 Å². The minimum atomic E-state index is -0.846. The number of carboxylic acid groups (broad SMARTS) is 1. The van der Waals surface area contributed by atoms with Crippen molar-refractivity contribution < 1.29 is 19.4 Å². The van der Waals surface area contributed by atoms with Crippen molar-refractivity contribution in [3.8, 4) is 0 Å². The molecule has 0 bridgehead atoms. The second-order valence-electron chi connectivity index (χ2n) is 8.15. The van der Waals surface area contributed by atoms with Gasteiger partial charge in [0.15, 0.2) is 0 Å². The molecule has 1 amide bonds. The van der Waals surface area contributed by atoms with Gasteiger partial charge in [0.25, 0.3) is 0 Å². The number of nitrogen functional groups attached to an aromatic ring is 1. The Hall–Kier alpha value is -3.43. The van der Waals surface area contributed by atoms with Crippen LogP contribution in [0.5, 0.6) is 0 Å². The number of amides is 1. The van der Waals surface area contributed by atoms with Gasteiger partial charge >= 0.3 is 12.1 Å². The van der Waals surface area contributed by atoms with Gasteiger partial charge in [0, 0.05) is 44.0 Å². The summed E-state index contributed by atoms with van der Waals surface area (Å²) in [6, 6.07) is 16.1. The Morgan fingerprint density at radius 2 is 1.81 bits per heavy atom. The molecular formula is C23H27N5O4. The molecule has 2 heterocycles. The van der Waals surface area contributed by atoms with Crippen molar-refractivity contribution in [3.63, 3.8) is 0 Å². The number of nitrogens with one attached hydrogen (secondary N) is 1. The molecule has 9 heteroatoms. The van der Waals surface area contributed by atoms with Crippen LogP contribution in [0.15, 0.2) is 54.6 Å². The lowest BCUT2D eigenvalue weighted by molar-refractivity contribution is -0.146. The summed E-state index contributed by atoms with van der Waals surface area (Å²) in [6.45, 7) is 3.18. The monoisotopic (exact) mass is 437 g/mol. The average Bonchev–Trinajstić information content (AvgIpc) is 3.15. The van der Waals surface area contributed by atoms with E-state index in [1.807, 2.05) is 35.2 Å². The third-order valence-corrected chi connectivity index (χ3v) is 5.91. The van der Waals surface area contributed by atoms with Gasteiger partial charge in [-0.2, -0.15) is 0 Å². The van der Waals surface area contributed by atoms with Crippen LogP contribution in [0, 0.1) is 5.41 Å². The largest absolute Gasteiger partial charge is 0.480 e. The van der Waals surface area contributed by atoms with E-state index < -0.39 is 18.1 Å². The standard InChI is InChI=1S/C23H27N5O4/c24-21(25)17-6-8-18(9-7-17)28-14-19(32-23(28)31)13-26-10-11-27(20(15-26)22(29)30)12-16-4-2-1-3-5-16/h1-9,19-20H,10-15H2,(H3,24,25)(H,29,30). The minimum Gasteiger partial charge on any atom is -0.480 e. The van der Waals surface area contributed by atoms with Gasteiger partial charge in [-0.25, -0.2) is 4.79 Å². The third kappa shape index (κ3) is 4.90. The normalized spacial score (nSPS) is 22.0. The zero-order chi connectivity index (χ0) is 22.7. The van der Waals surface area contributed by atoms with Crippen LogP contribution in [0.2, 0.25) is 0 Å². The average molecular weight is 438 g/mol. The lowest BCUT2D eigenvalue weighted by atomic mass is 10.1. The quantitative estimate of drug-likeness (QED) is 0.444. The summed E-state index contributed by atoms with van der Waals surface area (Å²) >= 11 is 0. The summed E-state index contributed by atoms with van der Waals surface area (Å²) in [5.41, 5.74) is 7.84. The first kappa shape index (κ1) is 21.8. The van der Waals surface area contributed by atoms with Crippen molar-refractivity contribution in [2.24, 2.45) is 5.73 Å². The minimum absolute atomic E-state index is 0.0298. The van der Waals surface area contributed by atoms with Crippen LogP contribution in [0.25, 0.3) is 0 Å². The van der Waals surface area contributed by atoms with E-state index in [1.54, 1.807) is 29.2 Å². The third-order valence-electron chi connectivity index (χ3n) is 5.91. The zero-order valence-electron chi connectivity index (χ0n) is 17.7. The number of carbonyl (C=O) groups excluding carboxylic acids is 1. The van der Waals surface area contributed by atoms with Crippen LogP contribution in [0.1, 0.15) is 11.1 Å². The molecule has 2 saturated heterocycles. The van der Waals surface area contributed by atoms with Crippen LogP contribution in [-0.2, 0) is 16.1 Å². The van der Waals surface area contributed by atoms with Crippen molar-refractivity contribution in [1.82, 2.24) is 9.80 Å². The number of nitrogens with two attached hydrogens (primary N) is 1. The first-order valence-corrected chi connectivity index (χ1v) is 10.6. The topological polar surface area (TPSA) is 123 Å². The number of piperazine rings is 1.